The van der Waals surface area contributed by atoms with E-state index in [0.29, 0.717) is 0 Å². The minimum Gasteiger partial charge on any atom is -0.422 e. The first kappa shape index (κ1) is 12.4. The normalized spacial score (nSPS) is 29.4. The fourth-order valence-electron chi connectivity index (χ4n) is 1.06. The van der Waals surface area contributed by atoms with Gasteiger partial charge in [-0.15, -0.1) is 0 Å². The summed E-state index contributed by atoms with van der Waals surface area (Å²) in [6.45, 7) is 3.69. The van der Waals surface area contributed by atoms with Crippen LogP contribution in [0.25, 0.3) is 0 Å². The summed E-state index contributed by atoms with van der Waals surface area (Å²) in [6.07, 6.45) is -4.91. The summed E-state index contributed by atoms with van der Waals surface area (Å²) in [4.78, 5) is 0. The fraction of sp³-hybridized carbons (Fsp3) is 1.00. The molecule has 3 nitrogen and oxygen atoms in total. The molecule has 0 N–H and O–H groups in total. The fourth-order valence-corrected chi connectivity index (χ4v) is 9.69. The van der Waals surface area contributed by atoms with Gasteiger partial charge in [0.25, 0.3) is 10.0 Å². The maximum absolute atomic E-state index is 11.9. The molecule has 0 amide bonds. The van der Waals surface area contributed by atoms with Gasteiger partial charge >= 0.3 is 24.0 Å². The lowest BCUT2D eigenvalue weighted by Crippen LogP contribution is -2.49. The molecule has 0 aromatic heterocycles. The van der Waals surface area contributed by atoms with Crippen molar-refractivity contribution in [1.82, 2.24) is 0 Å². The monoisotopic (exact) mass is 262 g/mol. The molecule has 1 fully saturated rings. The highest BCUT2D eigenvalue weighted by atomic mass is 28.5. The van der Waals surface area contributed by atoms with E-state index in [1.54, 1.807) is 0 Å². The first-order valence-electron chi connectivity index (χ1n) is 4.29. The van der Waals surface area contributed by atoms with Gasteiger partial charge in [0.15, 0.2) is 0 Å². The van der Waals surface area contributed by atoms with Gasteiger partial charge in [-0.25, -0.2) is 0 Å². The summed E-state index contributed by atoms with van der Waals surface area (Å²) in [5.41, 5.74) is 0. The average molecular weight is 262 g/mol. The molecule has 0 saturated carbocycles. The lowest BCUT2D eigenvalue weighted by atomic mass is 10.5. The van der Waals surface area contributed by atoms with Gasteiger partial charge in [0.2, 0.25) is 0 Å². The first-order chi connectivity index (χ1) is 6.29. The molecule has 1 saturated heterocycles. The van der Waals surface area contributed by atoms with Crippen molar-refractivity contribution in [3.8, 4) is 0 Å². The van der Waals surface area contributed by atoms with Crippen molar-refractivity contribution in [3.05, 3.63) is 0 Å². The molecule has 1 heterocycles. The quantitative estimate of drug-likeness (QED) is 0.693. The number of halogens is 3. The van der Waals surface area contributed by atoms with Crippen molar-refractivity contribution >= 4 is 27.9 Å². The van der Waals surface area contributed by atoms with E-state index in [1.165, 1.54) is 0 Å². The second kappa shape index (κ2) is 4.45. The Hall–Kier alpha value is 0.321. The summed E-state index contributed by atoms with van der Waals surface area (Å²) < 4.78 is 51.6. The van der Waals surface area contributed by atoms with Crippen LogP contribution in [0.3, 0.4) is 0 Å². The zero-order valence-corrected chi connectivity index (χ0v) is 11.6. The van der Waals surface area contributed by atoms with Crippen LogP contribution in [0.4, 0.5) is 13.2 Å². The van der Waals surface area contributed by atoms with Crippen molar-refractivity contribution < 1.29 is 25.5 Å². The van der Waals surface area contributed by atoms with Gasteiger partial charge in [-0.2, -0.15) is 13.2 Å². The van der Waals surface area contributed by atoms with Crippen LogP contribution in [0.1, 0.15) is 6.42 Å². The van der Waals surface area contributed by atoms with E-state index < -0.39 is 40.4 Å². The molecule has 1 aliphatic heterocycles. The number of alkyl halides is 3. The standard InChI is InChI=1S/C5H13F3O3Si3/c1-14(2)10-12-9-13(11-14)4-3-5(6,7)8/h13H,3-4,12H2,1-2H3. The maximum Gasteiger partial charge on any atom is 0.389 e. The molecular weight excluding hydrogens is 249 g/mol. The molecule has 1 unspecified atom stereocenters. The van der Waals surface area contributed by atoms with E-state index in [4.69, 9.17) is 12.3 Å². The van der Waals surface area contributed by atoms with E-state index >= 15 is 0 Å². The van der Waals surface area contributed by atoms with Gasteiger partial charge in [-0.05, 0) is 19.1 Å². The van der Waals surface area contributed by atoms with E-state index in [2.05, 4.69) is 0 Å². The Morgan fingerprint density at radius 1 is 1.36 bits per heavy atom. The molecule has 1 atom stereocenters. The SMILES string of the molecule is C[Si]1(C)O[SiH2]O[SiH](CCC(F)(F)F)O1. The third-order valence-corrected chi connectivity index (χ3v) is 11.1. The zero-order chi connectivity index (χ0) is 10.8. The van der Waals surface area contributed by atoms with Crippen molar-refractivity contribution in [2.75, 3.05) is 0 Å². The van der Waals surface area contributed by atoms with Crippen LogP contribution >= 0.6 is 0 Å². The van der Waals surface area contributed by atoms with Crippen LogP contribution in [-0.2, 0) is 12.3 Å². The van der Waals surface area contributed by atoms with Gasteiger partial charge in [-0.3, -0.25) is 0 Å². The molecule has 0 bridgehead atoms. The maximum atomic E-state index is 11.9. The van der Waals surface area contributed by atoms with Gasteiger partial charge < -0.3 is 12.3 Å². The Kier molecular flexibility index (Phi) is 3.94. The summed E-state index contributed by atoms with van der Waals surface area (Å²) in [5.74, 6) is 0. The van der Waals surface area contributed by atoms with Crippen molar-refractivity contribution in [2.24, 2.45) is 0 Å². The minimum absolute atomic E-state index is 0.0102. The second-order valence-electron chi connectivity index (χ2n) is 3.53. The summed E-state index contributed by atoms with van der Waals surface area (Å²) >= 11 is 0. The second-order valence-corrected chi connectivity index (χ2v) is 11.4. The molecule has 84 valence electrons. The lowest BCUT2D eigenvalue weighted by molar-refractivity contribution is -0.131. The molecule has 0 aliphatic carbocycles. The van der Waals surface area contributed by atoms with E-state index in [9.17, 15) is 13.2 Å². The summed E-state index contributed by atoms with van der Waals surface area (Å²) in [6, 6.07) is 0.0102. The largest absolute Gasteiger partial charge is 0.422 e. The van der Waals surface area contributed by atoms with Gasteiger partial charge in [0.05, 0.1) is 0 Å². The van der Waals surface area contributed by atoms with Gasteiger partial charge in [-0.1, -0.05) is 0 Å². The highest BCUT2D eigenvalue weighted by Crippen LogP contribution is 2.25. The van der Waals surface area contributed by atoms with E-state index in [1.807, 2.05) is 13.1 Å². The summed E-state index contributed by atoms with van der Waals surface area (Å²) in [7, 11) is -5.27. The smallest absolute Gasteiger partial charge is 0.389 e. The third-order valence-electron chi connectivity index (χ3n) is 1.74. The minimum atomic E-state index is -4.11. The van der Waals surface area contributed by atoms with Gasteiger partial charge in [0, 0.05) is 6.42 Å². The Morgan fingerprint density at radius 3 is 2.50 bits per heavy atom. The Bertz CT molecular complexity index is 198. The number of rotatable bonds is 2. The highest BCUT2D eigenvalue weighted by Gasteiger charge is 2.37. The molecule has 0 aromatic rings. The van der Waals surface area contributed by atoms with Crippen LogP contribution in [0.2, 0.25) is 19.1 Å². The van der Waals surface area contributed by atoms with Crippen LogP contribution in [-0.4, -0.2) is 34.0 Å². The Morgan fingerprint density at radius 2 is 2.00 bits per heavy atom. The van der Waals surface area contributed by atoms with Crippen LogP contribution in [0.5, 0.6) is 0 Å². The lowest BCUT2D eigenvalue weighted by Gasteiger charge is -2.34. The summed E-state index contributed by atoms with van der Waals surface area (Å²) in [5, 5.41) is 0. The van der Waals surface area contributed by atoms with E-state index in [0.717, 1.165) is 0 Å². The van der Waals surface area contributed by atoms with Crippen LogP contribution in [0.15, 0.2) is 0 Å². The average Bonchev–Trinajstić information content (AvgIpc) is 1.98. The number of hydrogen-bond acceptors (Lipinski definition) is 3. The highest BCUT2D eigenvalue weighted by molar-refractivity contribution is 6.78. The van der Waals surface area contributed by atoms with Gasteiger partial charge in [0.1, 0.15) is 0 Å². The predicted octanol–water partition coefficient (Wildman–Crippen LogP) is 0.923. The number of hydrogen-bond donors (Lipinski definition) is 0. The van der Waals surface area contributed by atoms with E-state index in [-0.39, 0.29) is 6.04 Å². The molecule has 0 aromatic carbocycles. The molecule has 9 heteroatoms. The predicted molar refractivity (Wildman–Crippen MR) is 51.9 cm³/mol. The molecule has 14 heavy (non-hydrogen) atoms. The Labute approximate surface area is 85.7 Å². The molecular formula is C5H13F3O3Si3. The molecule has 1 aliphatic rings. The van der Waals surface area contributed by atoms with Crippen LogP contribution in [0, 0.1) is 0 Å². The third kappa shape index (κ3) is 4.70. The topological polar surface area (TPSA) is 27.7 Å². The van der Waals surface area contributed by atoms with Crippen molar-refractivity contribution in [3.63, 3.8) is 0 Å². The molecule has 0 spiro atoms. The molecule has 1 rings (SSSR count). The zero-order valence-electron chi connectivity index (χ0n) is 8.06. The Balaban J connectivity index is 2.32. The first-order valence-corrected chi connectivity index (χ1v) is 10.0. The molecule has 0 radical (unpaired) electrons. The van der Waals surface area contributed by atoms with Crippen molar-refractivity contribution in [2.45, 2.75) is 31.7 Å². The van der Waals surface area contributed by atoms with Crippen LogP contribution < -0.4 is 0 Å². The van der Waals surface area contributed by atoms with Crippen molar-refractivity contribution in [1.29, 1.82) is 0 Å².